The SMILES string of the molecule is CC(C)(C(=N)N(C#N)C1C2CC3CC1CN(C3)C2)N1CCN(c2ccc(C(F)(F)F)cn2)CC1. The highest BCUT2D eigenvalue weighted by molar-refractivity contribution is 5.89. The van der Waals surface area contributed by atoms with E-state index in [1.165, 1.54) is 12.6 Å². The lowest BCUT2D eigenvalue weighted by Gasteiger charge is -2.58. The Hall–Kier alpha value is -2.38. The van der Waals surface area contributed by atoms with Crippen molar-refractivity contribution in [3.05, 3.63) is 23.9 Å². The molecule has 2 atom stereocenters. The monoisotopic (exact) mass is 475 g/mol. The van der Waals surface area contributed by atoms with Gasteiger partial charge in [-0.15, -0.1) is 0 Å². The molecule has 34 heavy (non-hydrogen) atoms. The Kier molecular flexibility index (Phi) is 5.76. The smallest absolute Gasteiger partial charge is 0.354 e. The van der Waals surface area contributed by atoms with Gasteiger partial charge in [0.05, 0.1) is 17.1 Å². The first kappa shape index (κ1) is 23.4. The van der Waals surface area contributed by atoms with Crippen LogP contribution in [0.25, 0.3) is 0 Å². The zero-order valence-electron chi connectivity index (χ0n) is 19.7. The number of amidine groups is 1. The number of halogens is 3. The van der Waals surface area contributed by atoms with Crippen LogP contribution in [0, 0.1) is 34.6 Å². The molecule has 6 rings (SSSR count). The Balaban J connectivity index is 1.24. The fraction of sp³-hybridized carbons (Fsp3) is 0.708. The van der Waals surface area contributed by atoms with Crippen molar-refractivity contribution in [1.29, 1.82) is 10.7 Å². The van der Waals surface area contributed by atoms with Gasteiger partial charge in [-0.2, -0.15) is 18.4 Å². The van der Waals surface area contributed by atoms with Gasteiger partial charge in [-0.1, -0.05) is 0 Å². The number of nitrogens with one attached hydrogen (secondary N) is 1. The minimum Gasteiger partial charge on any atom is -0.354 e. The number of rotatable bonds is 4. The van der Waals surface area contributed by atoms with Gasteiger partial charge in [0.15, 0.2) is 6.19 Å². The zero-order valence-corrected chi connectivity index (χ0v) is 19.7. The summed E-state index contributed by atoms with van der Waals surface area (Å²) in [6.45, 7) is 9.75. The summed E-state index contributed by atoms with van der Waals surface area (Å²) in [4.78, 5) is 12.4. The predicted molar refractivity (Wildman–Crippen MR) is 122 cm³/mol. The molecule has 4 aliphatic heterocycles. The van der Waals surface area contributed by atoms with Crippen molar-refractivity contribution in [2.45, 2.75) is 44.4 Å². The fourth-order valence-corrected chi connectivity index (χ4v) is 6.75. The highest BCUT2D eigenvalue weighted by atomic mass is 19.4. The molecule has 1 aromatic rings. The quantitative estimate of drug-likeness (QED) is 0.312. The molecular weight excluding hydrogens is 443 g/mol. The van der Waals surface area contributed by atoms with E-state index in [1.54, 1.807) is 4.90 Å². The Bertz CT molecular complexity index is 932. The normalized spacial score (nSPS) is 31.4. The maximum absolute atomic E-state index is 12.8. The number of hydrogen-bond donors (Lipinski definition) is 1. The molecule has 2 unspecified atom stereocenters. The predicted octanol–water partition coefficient (Wildman–Crippen LogP) is 3.10. The van der Waals surface area contributed by atoms with Crippen molar-refractivity contribution in [2.75, 3.05) is 50.7 Å². The van der Waals surface area contributed by atoms with E-state index >= 15 is 0 Å². The zero-order chi connectivity index (χ0) is 24.3. The van der Waals surface area contributed by atoms with E-state index in [9.17, 15) is 18.4 Å². The standard InChI is InChI=1S/C24H32F3N7/c1-23(2,22(29)34(15-28)21-17-9-16-10-18(21)14-31(12-16)13-17)33-7-5-32(6-8-33)20-4-3-19(11-30-20)24(25,26)27/h3-4,11,16-18,21,29H,5-10,12-14H2,1-2H3. The van der Waals surface area contributed by atoms with Gasteiger partial charge >= 0.3 is 6.18 Å². The highest BCUT2D eigenvalue weighted by Crippen LogP contribution is 2.46. The van der Waals surface area contributed by atoms with Gasteiger partial charge in [0.2, 0.25) is 0 Å². The molecule has 5 aliphatic rings. The first-order valence-electron chi connectivity index (χ1n) is 12.1. The van der Waals surface area contributed by atoms with Crippen molar-refractivity contribution in [3.63, 3.8) is 0 Å². The van der Waals surface area contributed by atoms with Crippen LogP contribution in [-0.2, 0) is 6.18 Å². The molecule has 10 heteroatoms. The molecule has 0 amide bonds. The van der Waals surface area contributed by atoms with Crippen molar-refractivity contribution in [2.24, 2.45) is 17.8 Å². The van der Waals surface area contributed by atoms with E-state index in [0.717, 1.165) is 44.1 Å². The molecule has 0 aromatic carbocycles. The molecule has 5 heterocycles. The van der Waals surface area contributed by atoms with E-state index in [0.29, 0.717) is 49.7 Å². The van der Waals surface area contributed by atoms with Crippen molar-refractivity contribution >= 4 is 11.7 Å². The maximum atomic E-state index is 12.8. The van der Waals surface area contributed by atoms with Gasteiger partial charge in [-0.3, -0.25) is 15.2 Å². The molecule has 7 nitrogen and oxygen atoms in total. The number of piperazine rings is 1. The summed E-state index contributed by atoms with van der Waals surface area (Å²) < 4.78 is 38.5. The molecule has 1 saturated carbocycles. The summed E-state index contributed by atoms with van der Waals surface area (Å²) in [5.41, 5.74) is -1.37. The van der Waals surface area contributed by atoms with Crippen molar-refractivity contribution in [1.82, 2.24) is 19.7 Å². The van der Waals surface area contributed by atoms with Gasteiger partial charge in [-0.25, -0.2) is 4.98 Å². The number of alkyl halides is 3. The van der Waals surface area contributed by atoms with Crippen LogP contribution in [0.2, 0.25) is 0 Å². The lowest BCUT2D eigenvalue weighted by molar-refractivity contribution is -0.137. The first-order valence-corrected chi connectivity index (χ1v) is 12.1. The third kappa shape index (κ3) is 4.03. The number of hydrogen-bond acceptors (Lipinski definition) is 6. The molecule has 5 fully saturated rings. The van der Waals surface area contributed by atoms with Gasteiger partial charge in [0, 0.05) is 52.0 Å². The third-order valence-electron chi connectivity index (χ3n) is 8.44. The molecule has 1 N–H and O–H groups in total. The second-order valence-corrected chi connectivity index (χ2v) is 10.8. The second kappa shape index (κ2) is 8.38. The molecule has 0 radical (unpaired) electrons. The van der Waals surface area contributed by atoms with Crippen LogP contribution in [-0.4, -0.2) is 82.9 Å². The van der Waals surface area contributed by atoms with Crippen molar-refractivity contribution < 1.29 is 13.2 Å². The van der Waals surface area contributed by atoms with E-state index in [-0.39, 0.29) is 6.04 Å². The summed E-state index contributed by atoms with van der Waals surface area (Å²) in [5.74, 6) is 2.52. The number of pyridine rings is 1. The van der Waals surface area contributed by atoms with Gasteiger partial charge < -0.3 is 9.80 Å². The number of anilines is 1. The number of aromatic nitrogens is 1. The van der Waals surface area contributed by atoms with E-state index in [4.69, 9.17) is 5.41 Å². The summed E-state index contributed by atoms with van der Waals surface area (Å²) in [6, 6.07) is 2.61. The Morgan fingerprint density at radius 2 is 1.74 bits per heavy atom. The summed E-state index contributed by atoms with van der Waals surface area (Å²) >= 11 is 0. The van der Waals surface area contributed by atoms with Crippen molar-refractivity contribution in [3.8, 4) is 6.19 Å². The van der Waals surface area contributed by atoms with Crippen LogP contribution in [0.15, 0.2) is 18.3 Å². The minimum atomic E-state index is -4.39. The summed E-state index contributed by atoms with van der Waals surface area (Å²) in [5, 5.41) is 19.2. The summed E-state index contributed by atoms with van der Waals surface area (Å²) in [7, 11) is 0. The molecule has 0 spiro atoms. The molecule has 4 bridgehead atoms. The highest BCUT2D eigenvalue weighted by Gasteiger charge is 2.52. The first-order chi connectivity index (χ1) is 16.1. The van der Waals surface area contributed by atoms with E-state index in [1.807, 2.05) is 18.7 Å². The molecule has 1 aromatic heterocycles. The average molecular weight is 476 g/mol. The van der Waals surface area contributed by atoms with Crippen LogP contribution in [0.1, 0.15) is 32.3 Å². The molecular formula is C24H32F3N7. The van der Waals surface area contributed by atoms with Crippen LogP contribution in [0.4, 0.5) is 19.0 Å². The van der Waals surface area contributed by atoms with Gasteiger partial charge in [0.1, 0.15) is 11.7 Å². The number of nitriles is 1. The maximum Gasteiger partial charge on any atom is 0.417 e. The van der Waals surface area contributed by atoms with Crippen LogP contribution < -0.4 is 4.90 Å². The lowest BCUT2D eigenvalue weighted by Crippen LogP contribution is -2.67. The van der Waals surface area contributed by atoms with Crippen LogP contribution >= 0.6 is 0 Å². The number of nitrogens with zero attached hydrogens (tertiary/aromatic N) is 6. The Morgan fingerprint density at radius 3 is 2.24 bits per heavy atom. The van der Waals surface area contributed by atoms with E-state index < -0.39 is 17.3 Å². The van der Waals surface area contributed by atoms with E-state index in [2.05, 4.69) is 21.0 Å². The van der Waals surface area contributed by atoms with Crippen LogP contribution in [0.3, 0.4) is 0 Å². The third-order valence-corrected chi connectivity index (χ3v) is 8.44. The number of piperidine rings is 3. The second-order valence-electron chi connectivity index (χ2n) is 10.8. The van der Waals surface area contributed by atoms with Gasteiger partial charge in [0.25, 0.3) is 0 Å². The summed E-state index contributed by atoms with van der Waals surface area (Å²) in [6.07, 6.45) is 1.18. The average Bonchev–Trinajstić information content (AvgIpc) is 2.80. The molecule has 1 aliphatic carbocycles. The lowest BCUT2D eigenvalue weighted by atomic mass is 9.64. The van der Waals surface area contributed by atoms with Gasteiger partial charge in [-0.05, 0) is 56.6 Å². The topological polar surface area (TPSA) is 73.5 Å². The Labute approximate surface area is 198 Å². The largest absolute Gasteiger partial charge is 0.417 e. The molecule has 4 saturated heterocycles. The fourth-order valence-electron chi connectivity index (χ4n) is 6.75. The molecule has 184 valence electrons. The van der Waals surface area contributed by atoms with Crippen LogP contribution in [0.5, 0.6) is 0 Å². The Morgan fingerprint density at radius 1 is 1.09 bits per heavy atom. The minimum absolute atomic E-state index is 0.113.